The van der Waals surface area contributed by atoms with Crippen LogP contribution in [-0.4, -0.2) is 28.3 Å². The summed E-state index contributed by atoms with van der Waals surface area (Å²) in [7, 11) is 0. The first kappa shape index (κ1) is 14.7. The molecule has 0 spiro atoms. The number of halogens is 3. The van der Waals surface area contributed by atoms with Crippen molar-refractivity contribution < 1.29 is 13.2 Å². The van der Waals surface area contributed by atoms with E-state index in [9.17, 15) is 13.2 Å². The summed E-state index contributed by atoms with van der Waals surface area (Å²) in [6.07, 6.45) is -0.916. The molecule has 118 valence electrons. The molecule has 0 bridgehead atoms. The molecule has 1 aromatic rings. The highest BCUT2D eigenvalue weighted by molar-refractivity contribution is 5.25. The Hall–Kier alpha value is -1.24. The van der Waals surface area contributed by atoms with Gasteiger partial charge in [-0.3, -0.25) is 0 Å². The van der Waals surface area contributed by atoms with Crippen molar-refractivity contribution >= 4 is 0 Å². The number of nitrogens with one attached hydrogen (secondary N) is 1. The summed E-state index contributed by atoms with van der Waals surface area (Å²) in [6, 6.07) is 0.200. The molecular weight excluding hydrogens is 281 g/mol. The normalized spacial score (nSPS) is 26.8. The summed E-state index contributed by atoms with van der Waals surface area (Å²) >= 11 is 0. The van der Waals surface area contributed by atoms with Crippen LogP contribution < -0.4 is 10.3 Å². The van der Waals surface area contributed by atoms with E-state index < -0.39 is 12.0 Å². The Balaban J connectivity index is 2.12. The third kappa shape index (κ3) is 2.52. The largest absolute Gasteiger partial charge is 0.451 e. The number of hydrogen-bond donors (Lipinski definition) is 1. The van der Waals surface area contributed by atoms with E-state index in [1.54, 1.807) is 0 Å². The molecule has 0 saturated carbocycles. The van der Waals surface area contributed by atoms with Crippen LogP contribution in [0.4, 0.5) is 13.2 Å². The topological polar surface area (TPSA) is 33.1 Å². The zero-order valence-electron chi connectivity index (χ0n) is 12.4. The lowest BCUT2D eigenvalue weighted by molar-refractivity contribution is -0.147. The quantitative estimate of drug-likeness (QED) is 0.865. The van der Waals surface area contributed by atoms with E-state index in [1.807, 2.05) is 18.9 Å². The van der Waals surface area contributed by atoms with Gasteiger partial charge in [-0.15, -0.1) is 0 Å². The van der Waals surface area contributed by atoms with Crippen LogP contribution in [0.2, 0.25) is 0 Å². The van der Waals surface area contributed by atoms with Gasteiger partial charge in [0.25, 0.3) is 0 Å². The number of alkyl halides is 3. The summed E-state index contributed by atoms with van der Waals surface area (Å²) in [5.74, 6) is -0.767. The van der Waals surface area contributed by atoms with Crippen molar-refractivity contribution in [2.45, 2.75) is 64.3 Å². The van der Waals surface area contributed by atoms with Crippen LogP contribution in [0, 0.1) is 0 Å². The zero-order valence-corrected chi connectivity index (χ0v) is 12.4. The number of piperidine rings is 1. The lowest BCUT2D eigenvalue weighted by Crippen LogP contribution is -2.53. The third-order valence-electron chi connectivity index (χ3n) is 4.49. The van der Waals surface area contributed by atoms with Crippen LogP contribution in [0.15, 0.2) is 0 Å². The summed E-state index contributed by atoms with van der Waals surface area (Å²) in [6.45, 7) is 5.13. The molecule has 3 rings (SSSR count). The predicted molar refractivity (Wildman–Crippen MR) is 73.6 cm³/mol. The SMILES string of the molecule is CC1CCCC(C)N1n1c(C(F)(F)F)nc2c1CCNC2. The number of aromatic nitrogens is 2. The van der Waals surface area contributed by atoms with E-state index in [2.05, 4.69) is 10.3 Å². The molecule has 2 atom stereocenters. The van der Waals surface area contributed by atoms with Gasteiger partial charge in [-0.2, -0.15) is 13.2 Å². The van der Waals surface area contributed by atoms with E-state index in [0.29, 0.717) is 25.2 Å². The highest BCUT2D eigenvalue weighted by atomic mass is 19.4. The number of hydrogen-bond acceptors (Lipinski definition) is 3. The predicted octanol–water partition coefficient (Wildman–Crippen LogP) is 2.45. The van der Waals surface area contributed by atoms with Crippen molar-refractivity contribution in [2.24, 2.45) is 0 Å². The minimum absolute atomic E-state index is 0.100. The van der Waals surface area contributed by atoms with Gasteiger partial charge in [0, 0.05) is 31.6 Å². The molecule has 0 aliphatic carbocycles. The fraction of sp³-hybridized carbons (Fsp3) is 0.786. The second-order valence-corrected chi connectivity index (χ2v) is 6.07. The van der Waals surface area contributed by atoms with Crippen molar-refractivity contribution in [3.05, 3.63) is 17.2 Å². The van der Waals surface area contributed by atoms with Crippen LogP contribution >= 0.6 is 0 Å². The summed E-state index contributed by atoms with van der Waals surface area (Å²) in [5.41, 5.74) is 1.26. The van der Waals surface area contributed by atoms with E-state index in [0.717, 1.165) is 25.0 Å². The smallest absolute Gasteiger partial charge is 0.311 e. The summed E-state index contributed by atoms with van der Waals surface area (Å²) < 4.78 is 41.6. The molecule has 4 nitrogen and oxygen atoms in total. The van der Waals surface area contributed by atoms with Crippen LogP contribution in [0.25, 0.3) is 0 Å². The van der Waals surface area contributed by atoms with E-state index >= 15 is 0 Å². The Morgan fingerprint density at radius 2 is 1.86 bits per heavy atom. The molecule has 0 aromatic carbocycles. The van der Waals surface area contributed by atoms with E-state index in [-0.39, 0.29) is 12.1 Å². The number of fused-ring (bicyclic) bond motifs is 1. The lowest BCUT2D eigenvalue weighted by atomic mass is 9.99. The maximum atomic E-state index is 13.4. The van der Waals surface area contributed by atoms with Gasteiger partial charge >= 0.3 is 6.18 Å². The van der Waals surface area contributed by atoms with E-state index in [1.165, 1.54) is 4.68 Å². The molecule has 2 aliphatic rings. The molecule has 21 heavy (non-hydrogen) atoms. The van der Waals surface area contributed by atoms with Gasteiger partial charge in [0.15, 0.2) is 0 Å². The molecule has 3 heterocycles. The standard InChI is InChI=1S/C14H21F3N4/c1-9-4-3-5-10(2)20(9)21-12-6-7-18-8-11(12)19-13(21)14(15,16)17/h9-10,18H,3-8H2,1-2H3. The van der Waals surface area contributed by atoms with Gasteiger partial charge in [-0.05, 0) is 33.1 Å². The van der Waals surface area contributed by atoms with Crippen LogP contribution in [0.5, 0.6) is 0 Å². The van der Waals surface area contributed by atoms with Gasteiger partial charge < -0.3 is 10.3 Å². The molecule has 1 saturated heterocycles. The first-order valence-electron chi connectivity index (χ1n) is 7.56. The van der Waals surface area contributed by atoms with Gasteiger partial charge in [0.1, 0.15) is 0 Å². The number of nitrogens with zero attached hydrogens (tertiary/aromatic N) is 3. The van der Waals surface area contributed by atoms with Crippen LogP contribution in [0.3, 0.4) is 0 Å². The molecular formula is C14H21F3N4. The Morgan fingerprint density at radius 3 is 2.48 bits per heavy atom. The van der Waals surface area contributed by atoms with Crippen LogP contribution in [-0.2, 0) is 19.1 Å². The number of imidazole rings is 1. The fourth-order valence-electron chi connectivity index (χ4n) is 3.53. The second-order valence-electron chi connectivity index (χ2n) is 6.07. The van der Waals surface area contributed by atoms with Crippen molar-refractivity contribution in [2.75, 3.05) is 11.6 Å². The Bertz CT molecular complexity index is 513. The van der Waals surface area contributed by atoms with Crippen molar-refractivity contribution in [1.82, 2.24) is 15.0 Å². The minimum Gasteiger partial charge on any atom is -0.311 e. The van der Waals surface area contributed by atoms with Gasteiger partial charge in [0.2, 0.25) is 5.82 Å². The highest BCUT2D eigenvalue weighted by Crippen LogP contribution is 2.34. The monoisotopic (exact) mass is 302 g/mol. The molecule has 2 aliphatic heterocycles. The number of rotatable bonds is 1. The first-order chi connectivity index (χ1) is 9.89. The molecule has 1 aromatic heterocycles. The maximum Gasteiger partial charge on any atom is 0.451 e. The highest BCUT2D eigenvalue weighted by Gasteiger charge is 2.42. The van der Waals surface area contributed by atoms with Crippen LogP contribution in [0.1, 0.15) is 50.3 Å². The molecule has 2 unspecified atom stereocenters. The third-order valence-corrected chi connectivity index (χ3v) is 4.49. The summed E-state index contributed by atoms with van der Waals surface area (Å²) in [5, 5.41) is 4.99. The van der Waals surface area contributed by atoms with Gasteiger partial charge in [0.05, 0.1) is 11.4 Å². The van der Waals surface area contributed by atoms with Crippen molar-refractivity contribution in [3.8, 4) is 0 Å². The Kier molecular flexibility index (Phi) is 3.63. The Labute approximate surface area is 122 Å². The Morgan fingerprint density at radius 1 is 1.19 bits per heavy atom. The molecule has 7 heteroatoms. The van der Waals surface area contributed by atoms with Gasteiger partial charge in [-0.1, -0.05) is 0 Å². The average Bonchev–Trinajstić information content (AvgIpc) is 2.78. The van der Waals surface area contributed by atoms with Crippen molar-refractivity contribution in [3.63, 3.8) is 0 Å². The van der Waals surface area contributed by atoms with Gasteiger partial charge in [-0.25, -0.2) is 9.66 Å². The van der Waals surface area contributed by atoms with Crippen molar-refractivity contribution in [1.29, 1.82) is 0 Å². The minimum atomic E-state index is -4.42. The molecule has 1 N–H and O–H groups in total. The maximum absolute atomic E-state index is 13.4. The fourth-order valence-corrected chi connectivity index (χ4v) is 3.53. The lowest BCUT2D eigenvalue weighted by Gasteiger charge is -2.43. The average molecular weight is 302 g/mol. The molecule has 1 fully saturated rings. The van der Waals surface area contributed by atoms with E-state index in [4.69, 9.17) is 0 Å². The first-order valence-corrected chi connectivity index (χ1v) is 7.56. The zero-order chi connectivity index (χ0) is 15.2. The molecule has 0 radical (unpaired) electrons. The second kappa shape index (κ2) is 5.19. The molecule has 0 amide bonds. The summed E-state index contributed by atoms with van der Waals surface area (Å²) in [4.78, 5) is 3.90.